The van der Waals surface area contributed by atoms with E-state index in [2.05, 4.69) is 10.3 Å². The van der Waals surface area contributed by atoms with E-state index in [0.29, 0.717) is 30.5 Å². The van der Waals surface area contributed by atoms with Crippen LogP contribution in [0.1, 0.15) is 25.2 Å². The highest BCUT2D eigenvalue weighted by atomic mass is 16.6. The molecular weight excluding hydrogens is 324 g/mol. The van der Waals surface area contributed by atoms with Crippen LogP contribution in [0.2, 0.25) is 0 Å². The van der Waals surface area contributed by atoms with Gasteiger partial charge in [0.2, 0.25) is 11.6 Å². The number of aryl methyl sites for hydroxylation is 1. The Hall–Kier alpha value is -2.77. The van der Waals surface area contributed by atoms with E-state index >= 15 is 0 Å². The minimum atomic E-state index is -0.490. The Labute approximate surface area is 145 Å². The maximum Gasteiger partial charge on any atom is 0.406 e. The van der Waals surface area contributed by atoms with Gasteiger partial charge in [-0.3, -0.25) is 4.57 Å². The zero-order valence-electron chi connectivity index (χ0n) is 14.8. The number of ether oxygens (including phenoxy) is 2. The van der Waals surface area contributed by atoms with E-state index in [4.69, 9.17) is 9.47 Å². The van der Waals surface area contributed by atoms with Crippen LogP contribution in [0, 0.1) is 17.0 Å². The molecule has 8 heteroatoms. The Morgan fingerprint density at radius 1 is 1.48 bits per heavy atom. The van der Waals surface area contributed by atoms with Gasteiger partial charge in [-0.05, 0) is 29.8 Å². The number of benzene rings is 1. The van der Waals surface area contributed by atoms with Crippen LogP contribution in [0.25, 0.3) is 0 Å². The molecule has 0 aliphatic carbocycles. The van der Waals surface area contributed by atoms with Crippen molar-refractivity contribution in [3.63, 3.8) is 0 Å². The third-order valence-electron chi connectivity index (χ3n) is 4.18. The van der Waals surface area contributed by atoms with Crippen molar-refractivity contribution in [1.82, 2.24) is 9.55 Å². The quantitative estimate of drug-likeness (QED) is 0.491. The molecule has 0 atom stereocenters. The predicted octanol–water partition coefficient (Wildman–Crippen LogP) is 2.84. The summed E-state index contributed by atoms with van der Waals surface area (Å²) in [7, 11) is 1.73. The number of aromatic nitrogens is 2. The molecule has 134 valence electrons. The molecule has 1 aliphatic rings. The summed E-state index contributed by atoms with van der Waals surface area (Å²) in [5.41, 5.74) is 0.903. The average Bonchev–Trinajstić information content (AvgIpc) is 3.00. The lowest BCUT2D eigenvalue weighted by atomic mass is 10.0. The molecule has 1 aromatic carbocycles. The van der Waals surface area contributed by atoms with Gasteiger partial charge in [-0.2, -0.15) is 0 Å². The fraction of sp³-hybridized carbons (Fsp3) is 0.471. The van der Waals surface area contributed by atoms with E-state index in [0.717, 1.165) is 17.7 Å². The molecule has 2 heterocycles. The van der Waals surface area contributed by atoms with Crippen molar-refractivity contribution in [3.05, 3.63) is 39.7 Å². The summed E-state index contributed by atoms with van der Waals surface area (Å²) in [5.74, 6) is 2.26. The van der Waals surface area contributed by atoms with Gasteiger partial charge in [-0.25, -0.2) is 0 Å². The molecule has 3 rings (SSSR count). The summed E-state index contributed by atoms with van der Waals surface area (Å²) >= 11 is 0. The van der Waals surface area contributed by atoms with Gasteiger partial charge in [0.25, 0.3) is 0 Å². The van der Waals surface area contributed by atoms with Crippen molar-refractivity contribution in [2.24, 2.45) is 7.05 Å². The molecule has 1 aliphatic heterocycles. The average molecular weight is 346 g/mol. The number of hydrogen-bond donors (Lipinski definition) is 1. The summed E-state index contributed by atoms with van der Waals surface area (Å²) < 4.78 is 13.4. The highest BCUT2D eigenvalue weighted by Crippen LogP contribution is 2.41. The minimum absolute atomic E-state index is 0.175. The van der Waals surface area contributed by atoms with Gasteiger partial charge in [0, 0.05) is 26.0 Å². The summed E-state index contributed by atoms with van der Waals surface area (Å²) in [6.45, 7) is 6.57. The number of fused-ring (bicyclic) bond motifs is 1. The molecule has 0 saturated carbocycles. The molecule has 8 nitrogen and oxygen atoms in total. The van der Waals surface area contributed by atoms with Crippen LogP contribution >= 0.6 is 0 Å². The third kappa shape index (κ3) is 3.38. The Balaban J connectivity index is 1.63. The molecule has 0 spiro atoms. The number of rotatable bonds is 6. The van der Waals surface area contributed by atoms with Crippen molar-refractivity contribution in [3.8, 4) is 11.5 Å². The van der Waals surface area contributed by atoms with Crippen LogP contribution in [0.15, 0.2) is 18.2 Å². The number of anilines is 1. The first-order valence-corrected chi connectivity index (χ1v) is 8.14. The number of nitrogens with one attached hydrogen (secondary N) is 1. The van der Waals surface area contributed by atoms with Crippen LogP contribution in [0.5, 0.6) is 11.5 Å². The molecule has 1 aromatic heterocycles. The number of hydrogen-bond acceptors (Lipinski definition) is 6. The van der Waals surface area contributed by atoms with Gasteiger partial charge in [0.1, 0.15) is 12.2 Å². The maximum absolute atomic E-state index is 11.1. The lowest BCUT2D eigenvalue weighted by Gasteiger charge is -2.18. The Kier molecular flexibility index (Phi) is 4.28. The molecule has 0 fully saturated rings. The standard InChI is InChI=1S/C17H22N4O4/c1-11-19-16(21(22)23)15(20(11)4)18-8-9-24-13-7-5-6-12-10-17(2,3)25-14(12)13/h5-7,18H,8-10H2,1-4H3. The van der Waals surface area contributed by atoms with E-state index in [1.807, 2.05) is 32.0 Å². The molecule has 2 aromatic rings. The van der Waals surface area contributed by atoms with Crippen LogP contribution in [-0.2, 0) is 13.5 Å². The molecular formula is C17H22N4O4. The molecule has 0 bridgehead atoms. The molecule has 0 saturated heterocycles. The van der Waals surface area contributed by atoms with Gasteiger partial charge in [-0.1, -0.05) is 12.1 Å². The molecule has 0 unspecified atom stereocenters. The van der Waals surface area contributed by atoms with Crippen molar-refractivity contribution in [2.45, 2.75) is 32.8 Å². The molecule has 0 radical (unpaired) electrons. The Morgan fingerprint density at radius 3 is 2.96 bits per heavy atom. The van der Waals surface area contributed by atoms with Gasteiger partial charge in [0.05, 0.1) is 6.54 Å². The largest absolute Gasteiger partial charge is 0.488 e. The van der Waals surface area contributed by atoms with Crippen LogP contribution in [0.4, 0.5) is 11.6 Å². The van der Waals surface area contributed by atoms with E-state index in [9.17, 15) is 10.1 Å². The third-order valence-corrected chi connectivity index (χ3v) is 4.18. The van der Waals surface area contributed by atoms with Crippen LogP contribution in [-0.4, -0.2) is 33.2 Å². The number of imidazole rings is 1. The fourth-order valence-corrected chi connectivity index (χ4v) is 2.95. The fourth-order valence-electron chi connectivity index (χ4n) is 2.95. The molecule has 1 N–H and O–H groups in total. The highest BCUT2D eigenvalue weighted by molar-refractivity contribution is 5.53. The first-order valence-electron chi connectivity index (χ1n) is 8.14. The summed E-state index contributed by atoms with van der Waals surface area (Å²) in [6, 6.07) is 5.86. The Bertz CT molecular complexity index is 813. The van der Waals surface area contributed by atoms with Gasteiger partial charge in [-0.15, -0.1) is 0 Å². The van der Waals surface area contributed by atoms with Crippen molar-refractivity contribution in [1.29, 1.82) is 0 Å². The summed E-state index contributed by atoms with van der Waals surface area (Å²) in [6.07, 6.45) is 0.846. The highest BCUT2D eigenvalue weighted by Gasteiger charge is 2.32. The van der Waals surface area contributed by atoms with Gasteiger partial charge in [0.15, 0.2) is 11.5 Å². The second kappa shape index (κ2) is 6.27. The predicted molar refractivity (Wildman–Crippen MR) is 93.4 cm³/mol. The second-order valence-corrected chi connectivity index (χ2v) is 6.71. The monoisotopic (exact) mass is 346 g/mol. The maximum atomic E-state index is 11.1. The zero-order valence-corrected chi connectivity index (χ0v) is 14.8. The van der Waals surface area contributed by atoms with Gasteiger partial charge >= 0.3 is 5.82 Å². The topological polar surface area (TPSA) is 91.5 Å². The van der Waals surface area contributed by atoms with E-state index in [1.165, 1.54) is 0 Å². The van der Waals surface area contributed by atoms with Crippen molar-refractivity contribution < 1.29 is 14.4 Å². The van der Waals surface area contributed by atoms with E-state index < -0.39 is 4.92 Å². The SMILES string of the molecule is Cc1nc([N+](=O)[O-])c(NCCOc2cccc3c2OC(C)(C)C3)n1C. The lowest BCUT2D eigenvalue weighted by Crippen LogP contribution is -2.24. The number of para-hydroxylation sites is 1. The Morgan fingerprint density at radius 2 is 2.24 bits per heavy atom. The first kappa shape index (κ1) is 17.1. The minimum Gasteiger partial charge on any atom is -0.488 e. The van der Waals surface area contributed by atoms with Crippen molar-refractivity contribution >= 4 is 11.6 Å². The number of nitro groups is 1. The smallest absolute Gasteiger partial charge is 0.406 e. The van der Waals surface area contributed by atoms with Crippen molar-refractivity contribution in [2.75, 3.05) is 18.5 Å². The van der Waals surface area contributed by atoms with Crippen LogP contribution in [0.3, 0.4) is 0 Å². The number of nitrogens with zero attached hydrogens (tertiary/aromatic N) is 3. The lowest BCUT2D eigenvalue weighted by molar-refractivity contribution is -0.388. The molecule has 25 heavy (non-hydrogen) atoms. The normalized spacial score (nSPS) is 14.7. The summed E-state index contributed by atoms with van der Waals surface area (Å²) in [5, 5.41) is 14.1. The second-order valence-electron chi connectivity index (χ2n) is 6.71. The van der Waals surface area contributed by atoms with E-state index in [1.54, 1.807) is 18.5 Å². The zero-order chi connectivity index (χ0) is 18.2. The van der Waals surface area contributed by atoms with Gasteiger partial charge < -0.3 is 24.9 Å². The van der Waals surface area contributed by atoms with Crippen LogP contribution < -0.4 is 14.8 Å². The first-order chi connectivity index (χ1) is 11.8. The van der Waals surface area contributed by atoms with E-state index in [-0.39, 0.29) is 11.4 Å². The molecule has 0 amide bonds. The summed E-state index contributed by atoms with van der Waals surface area (Å²) in [4.78, 5) is 14.5.